The predicted molar refractivity (Wildman–Crippen MR) is 110 cm³/mol. The number of pyridine rings is 1. The average molecular weight is 348 g/mol. The molecule has 4 heteroatoms. The Morgan fingerprint density at radius 3 is 2.56 bits per heavy atom. The van der Waals surface area contributed by atoms with Crippen molar-refractivity contribution in [2.45, 2.75) is 0 Å². The van der Waals surface area contributed by atoms with Crippen LogP contribution in [-0.4, -0.2) is 15.0 Å². The maximum atomic E-state index is 4.50. The van der Waals surface area contributed by atoms with E-state index in [4.69, 9.17) is 0 Å². The molecule has 0 aliphatic rings. The van der Waals surface area contributed by atoms with Crippen molar-refractivity contribution in [2.24, 2.45) is 0 Å². The lowest BCUT2D eigenvalue weighted by atomic mass is 10.0. The van der Waals surface area contributed by atoms with Gasteiger partial charge in [0, 0.05) is 40.5 Å². The van der Waals surface area contributed by atoms with Crippen LogP contribution in [0.3, 0.4) is 0 Å². The van der Waals surface area contributed by atoms with E-state index in [9.17, 15) is 0 Å². The van der Waals surface area contributed by atoms with Gasteiger partial charge >= 0.3 is 0 Å². The second-order valence-corrected chi connectivity index (χ2v) is 6.34. The van der Waals surface area contributed by atoms with Crippen molar-refractivity contribution in [1.82, 2.24) is 15.0 Å². The van der Waals surface area contributed by atoms with Gasteiger partial charge in [-0.05, 0) is 22.9 Å². The molecule has 0 spiro atoms. The highest BCUT2D eigenvalue weighted by Gasteiger charge is 2.07. The summed E-state index contributed by atoms with van der Waals surface area (Å²) in [4.78, 5) is 13.1. The van der Waals surface area contributed by atoms with Crippen LogP contribution < -0.4 is 5.32 Å². The maximum Gasteiger partial charge on any atom is 0.134 e. The largest absolute Gasteiger partial charge is 0.340 e. The molecule has 0 saturated heterocycles. The first-order chi connectivity index (χ1) is 13.4. The molecule has 2 aromatic heterocycles. The van der Waals surface area contributed by atoms with Crippen LogP contribution in [0, 0.1) is 0 Å². The molecular formula is C23H16N4. The van der Waals surface area contributed by atoms with Crippen LogP contribution in [0.2, 0.25) is 0 Å². The Balaban J connectivity index is 1.58. The molecule has 2 heterocycles. The molecule has 0 fully saturated rings. The lowest BCUT2D eigenvalue weighted by Crippen LogP contribution is -1.96. The summed E-state index contributed by atoms with van der Waals surface area (Å²) in [6.45, 7) is 0. The summed E-state index contributed by atoms with van der Waals surface area (Å²) < 4.78 is 0. The molecule has 27 heavy (non-hydrogen) atoms. The van der Waals surface area contributed by atoms with Gasteiger partial charge in [0.1, 0.15) is 12.1 Å². The zero-order chi connectivity index (χ0) is 18.1. The molecule has 128 valence electrons. The molecule has 3 aromatic carbocycles. The normalized spacial score (nSPS) is 11.0. The summed E-state index contributed by atoms with van der Waals surface area (Å²) in [6.07, 6.45) is 5.27. The second-order valence-electron chi connectivity index (χ2n) is 6.34. The van der Waals surface area contributed by atoms with Gasteiger partial charge in [0.25, 0.3) is 0 Å². The fourth-order valence-electron chi connectivity index (χ4n) is 3.39. The van der Waals surface area contributed by atoms with Crippen LogP contribution >= 0.6 is 0 Å². The SMILES string of the molecule is c1cc(Nc2cc(-c3cccc4ccccc34)ncn2)c2ccncc2c1. The number of hydrogen-bond donors (Lipinski definition) is 1. The highest BCUT2D eigenvalue weighted by atomic mass is 15.0. The third kappa shape index (κ3) is 2.87. The van der Waals surface area contributed by atoms with Crippen molar-refractivity contribution in [3.05, 3.63) is 91.5 Å². The smallest absolute Gasteiger partial charge is 0.134 e. The lowest BCUT2D eigenvalue weighted by Gasteiger charge is -2.11. The molecule has 1 N–H and O–H groups in total. The predicted octanol–water partition coefficient (Wildman–Crippen LogP) is 5.59. The molecule has 0 unspecified atom stereocenters. The Labute approximate surface area is 156 Å². The van der Waals surface area contributed by atoms with Crippen LogP contribution in [0.1, 0.15) is 0 Å². The molecule has 0 aliphatic carbocycles. The Kier molecular flexibility index (Phi) is 3.72. The van der Waals surface area contributed by atoms with Gasteiger partial charge in [0.05, 0.1) is 5.69 Å². The Morgan fingerprint density at radius 2 is 1.56 bits per heavy atom. The van der Waals surface area contributed by atoms with Crippen LogP contribution in [-0.2, 0) is 0 Å². The van der Waals surface area contributed by atoms with Crippen molar-refractivity contribution in [3.63, 3.8) is 0 Å². The zero-order valence-corrected chi connectivity index (χ0v) is 14.5. The third-order valence-electron chi connectivity index (χ3n) is 4.68. The summed E-state index contributed by atoms with van der Waals surface area (Å²) in [7, 11) is 0. The first-order valence-corrected chi connectivity index (χ1v) is 8.78. The lowest BCUT2D eigenvalue weighted by molar-refractivity contribution is 1.17. The third-order valence-corrected chi connectivity index (χ3v) is 4.68. The van der Waals surface area contributed by atoms with Gasteiger partial charge in [-0.25, -0.2) is 9.97 Å². The highest BCUT2D eigenvalue weighted by Crippen LogP contribution is 2.30. The number of benzene rings is 3. The fraction of sp³-hybridized carbons (Fsp3) is 0. The van der Waals surface area contributed by atoms with Gasteiger partial charge in [-0.15, -0.1) is 0 Å². The van der Waals surface area contributed by atoms with Crippen molar-refractivity contribution in [1.29, 1.82) is 0 Å². The first kappa shape index (κ1) is 15.5. The van der Waals surface area contributed by atoms with Crippen molar-refractivity contribution >= 4 is 33.1 Å². The Morgan fingerprint density at radius 1 is 0.704 bits per heavy atom. The second kappa shape index (κ2) is 6.50. The fourth-order valence-corrected chi connectivity index (χ4v) is 3.39. The van der Waals surface area contributed by atoms with E-state index in [0.29, 0.717) is 0 Å². The van der Waals surface area contributed by atoms with E-state index in [1.54, 1.807) is 12.5 Å². The average Bonchev–Trinajstić information content (AvgIpc) is 2.74. The topological polar surface area (TPSA) is 50.7 Å². The van der Waals surface area contributed by atoms with E-state index < -0.39 is 0 Å². The molecule has 0 amide bonds. The van der Waals surface area contributed by atoms with Crippen molar-refractivity contribution in [2.75, 3.05) is 5.32 Å². The van der Waals surface area contributed by atoms with E-state index in [1.807, 2.05) is 30.5 Å². The van der Waals surface area contributed by atoms with Gasteiger partial charge in [-0.1, -0.05) is 54.6 Å². The highest BCUT2D eigenvalue weighted by molar-refractivity contribution is 5.97. The standard InChI is InChI=1S/C23H16N4/c1-2-8-18-16(5-1)6-3-9-20(18)22-13-23(26-15-25-22)27-21-10-4-7-17-14-24-12-11-19(17)21/h1-15H,(H,25,26,27). The van der Waals surface area contributed by atoms with E-state index in [-0.39, 0.29) is 0 Å². The van der Waals surface area contributed by atoms with Crippen molar-refractivity contribution in [3.8, 4) is 11.3 Å². The van der Waals surface area contributed by atoms with Crippen molar-refractivity contribution < 1.29 is 0 Å². The summed E-state index contributed by atoms with van der Waals surface area (Å²) >= 11 is 0. The van der Waals surface area contributed by atoms with Gasteiger partial charge < -0.3 is 5.32 Å². The van der Waals surface area contributed by atoms with Gasteiger partial charge in [-0.3, -0.25) is 4.98 Å². The van der Waals surface area contributed by atoms with E-state index in [2.05, 4.69) is 68.8 Å². The minimum Gasteiger partial charge on any atom is -0.340 e. The van der Waals surface area contributed by atoms with Crippen LogP contribution in [0.5, 0.6) is 0 Å². The summed E-state index contributed by atoms with van der Waals surface area (Å²) in [5.41, 5.74) is 2.99. The Bertz CT molecular complexity index is 1250. The number of nitrogens with one attached hydrogen (secondary N) is 1. The molecule has 0 aliphatic heterocycles. The van der Waals surface area contributed by atoms with E-state index in [1.165, 1.54) is 10.8 Å². The molecule has 0 atom stereocenters. The summed E-state index contributed by atoms with van der Waals surface area (Å²) in [6, 6.07) is 24.7. The number of nitrogens with zero attached hydrogens (tertiary/aromatic N) is 3. The molecular weight excluding hydrogens is 332 g/mol. The number of anilines is 2. The summed E-state index contributed by atoms with van der Waals surface area (Å²) in [5.74, 6) is 0.761. The monoisotopic (exact) mass is 348 g/mol. The molecule has 5 aromatic rings. The summed E-state index contributed by atoms with van der Waals surface area (Å²) in [5, 5.41) is 8.00. The van der Waals surface area contributed by atoms with Gasteiger partial charge in [-0.2, -0.15) is 0 Å². The Hall–Kier alpha value is -3.79. The minimum absolute atomic E-state index is 0.761. The number of hydrogen-bond acceptors (Lipinski definition) is 4. The van der Waals surface area contributed by atoms with Crippen LogP contribution in [0.4, 0.5) is 11.5 Å². The molecule has 5 rings (SSSR count). The molecule has 0 saturated carbocycles. The minimum atomic E-state index is 0.761. The quantitative estimate of drug-likeness (QED) is 0.462. The zero-order valence-electron chi connectivity index (χ0n) is 14.5. The maximum absolute atomic E-state index is 4.50. The van der Waals surface area contributed by atoms with Crippen LogP contribution in [0.15, 0.2) is 91.5 Å². The molecule has 4 nitrogen and oxygen atoms in total. The van der Waals surface area contributed by atoms with E-state index >= 15 is 0 Å². The number of aromatic nitrogens is 3. The van der Waals surface area contributed by atoms with Crippen LogP contribution in [0.25, 0.3) is 32.8 Å². The molecule has 0 bridgehead atoms. The number of rotatable bonds is 3. The van der Waals surface area contributed by atoms with E-state index in [0.717, 1.165) is 33.5 Å². The van der Waals surface area contributed by atoms with Gasteiger partial charge in [0.15, 0.2) is 0 Å². The molecule has 0 radical (unpaired) electrons. The van der Waals surface area contributed by atoms with Gasteiger partial charge in [0.2, 0.25) is 0 Å². The first-order valence-electron chi connectivity index (χ1n) is 8.78. The number of fused-ring (bicyclic) bond motifs is 2.